The van der Waals surface area contributed by atoms with Crippen molar-refractivity contribution in [3.8, 4) is 0 Å². The minimum atomic E-state index is -0.130. The number of piperazine rings is 1. The van der Waals surface area contributed by atoms with Crippen LogP contribution in [0.4, 0.5) is 11.5 Å². The summed E-state index contributed by atoms with van der Waals surface area (Å²) in [7, 11) is 0. The molecular formula is C18H21N5O2. The van der Waals surface area contributed by atoms with Crippen LogP contribution in [0.2, 0.25) is 0 Å². The molecule has 2 heterocycles. The van der Waals surface area contributed by atoms with Crippen LogP contribution in [0, 0.1) is 6.92 Å². The van der Waals surface area contributed by atoms with Crippen molar-refractivity contribution >= 4 is 23.3 Å². The first kappa shape index (κ1) is 16.9. The number of hydrogen-bond acceptors (Lipinski definition) is 5. The summed E-state index contributed by atoms with van der Waals surface area (Å²) >= 11 is 0. The lowest BCUT2D eigenvalue weighted by molar-refractivity contribution is -0.114. The lowest BCUT2D eigenvalue weighted by Gasteiger charge is -2.35. The molecule has 25 heavy (non-hydrogen) atoms. The van der Waals surface area contributed by atoms with Crippen molar-refractivity contribution in [2.75, 3.05) is 36.4 Å². The van der Waals surface area contributed by atoms with Gasteiger partial charge in [0.25, 0.3) is 5.91 Å². The van der Waals surface area contributed by atoms with E-state index in [9.17, 15) is 9.59 Å². The molecule has 3 rings (SSSR count). The number of anilines is 2. The Hall–Kier alpha value is -2.96. The Labute approximate surface area is 146 Å². The molecule has 130 valence electrons. The summed E-state index contributed by atoms with van der Waals surface area (Å²) in [6.07, 6.45) is 0. The van der Waals surface area contributed by atoms with Crippen molar-refractivity contribution in [2.24, 2.45) is 0 Å². The van der Waals surface area contributed by atoms with E-state index in [0.29, 0.717) is 24.3 Å². The van der Waals surface area contributed by atoms with Crippen LogP contribution in [0.25, 0.3) is 0 Å². The number of hydrogen-bond donors (Lipinski definition) is 1. The summed E-state index contributed by atoms with van der Waals surface area (Å²) in [6, 6.07) is 10.9. The van der Waals surface area contributed by atoms with Crippen molar-refractivity contribution in [1.82, 2.24) is 15.1 Å². The van der Waals surface area contributed by atoms with Gasteiger partial charge in [0.1, 0.15) is 0 Å². The summed E-state index contributed by atoms with van der Waals surface area (Å²) in [6.45, 7) is 6.10. The smallest absolute Gasteiger partial charge is 0.253 e. The van der Waals surface area contributed by atoms with Gasteiger partial charge in [0.15, 0.2) is 5.82 Å². The molecule has 0 atom stereocenters. The van der Waals surface area contributed by atoms with Crippen LogP contribution in [0.15, 0.2) is 36.4 Å². The van der Waals surface area contributed by atoms with Crippen LogP contribution in [0.5, 0.6) is 0 Å². The highest BCUT2D eigenvalue weighted by molar-refractivity contribution is 5.95. The van der Waals surface area contributed by atoms with Gasteiger partial charge < -0.3 is 15.1 Å². The molecule has 0 radical (unpaired) electrons. The Balaban J connectivity index is 1.59. The van der Waals surface area contributed by atoms with Gasteiger partial charge in [-0.1, -0.05) is 0 Å². The predicted molar refractivity (Wildman–Crippen MR) is 95.6 cm³/mol. The lowest BCUT2D eigenvalue weighted by Crippen LogP contribution is -2.49. The number of benzene rings is 1. The van der Waals surface area contributed by atoms with Crippen LogP contribution in [-0.4, -0.2) is 53.1 Å². The van der Waals surface area contributed by atoms with Crippen molar-refractivity contribution in [1.29, 1.82) is 0 Å². The average molecular weight is 339 g/mol. The first-order chi connectivity index (χ1) is 12.0. The molecule has 0 bridgehead atoms. The first-order valence-corrected chi connectivity index (χ1v) is 8.25. The molecule has 2 amide bonds. The minimum Gasteiger partial charge on any atom is -0.352 e. The van der Waals surface area contributed by atoms with Gasteiger partial charge >= 0.3 is 0 Å². The largest absolute Gasteiger partial charge is 0.352 e. The Morgan fingerprint density at radius 2 is 1.64 bits per heavy atom. The number of amides is 2. The molecule has 7 heteroatoms. The second-order valence-corrected chi connectivity index (χ2v) is 6.07. The zero-order valence-corrected chi connectivity index (χ0v) is 14.4. The molecular weight excluding hydrogens is 318 g/mol. The van der Waals surface area contributed by atoms with E-state index in [2.05, 4.69) is 20.4 Å². The standard InChI is InChI=1S/C18H21N5O2/c1-13-3-8-17(21-20-13)22-9-11-23(12-10-22)18(25)15-4-6-16(7-5-15)19-14(2)24/h3-8H,9-12H2,1-2H3,(H,19,24). The van der Waals surface area contributed by atoms with E-state index in [0.717, 1.165) is 24.6 Å². The summed E-state index contributed by atoms with van der Waals surface area (Å²) in [5.74, 6) is 0.718. The second kappa shape index (κ2) is 7.29. The highest BCUT2D eigenvalue weighted by Gasteiger charge is 2.23. The van der Waals surface area contributed by atoms with E-state index in [-0.39, 0.29) is 11.8 Å². The van der Waals surface area contributed by atoms with Gasteiger partial charge in [-0.2, -0.15) is 5.10 Å². The average Bonchev–Trinajstić information content (AvgIpc) is 2.62. The fraction of sp³-hybridized carbons (Fsp3) is 0.333. The predicted octanol–water partition coefficient (Wildman–Crippen LogP) is 1.71. The van der Waals surface area contributed by atoms with E-state index in [1.54, 1.807) is 24.3 Å². The monoisotopic (exact) mass is 339 g/mol. The van der Waals surface area contributed by atoms with Crippen molar-refractivity contribution in [3.63, 3.8) is 0 Å². The third-order valence-corrected chi connectivity index (χ3v) is 4.13. The topological polar surface area (TPSA) is 78.4 Å². The third-order valence-electron chi connectivity index (χ3n) is 4.13. The minimum absolute atomic E-state index is 0.00372. The van der Waals surface area contributed by atoms with E-state index in [1.165, 1.54) is 6.92 Å². The Morgan fingerprint density at radius 3 is 2.20 bits per heavy atom. The number of nitrogens with one attached hydrogen (secondary N) is 1. The molecule has 1 aromatic carbocycles. The van der Waals surface area contributed by atoms with Gasteiger partial charge in [-0.3, -0.25) is 9.59 Å². The molecule has 1 aliphatic heterocycles. The van der Waals surface area contributed by atoms with Gasteiger partial charge in [0.2, 0.25) is 5.91 Å². The molecule has 0 aliphatic carbocycles. The molecule has 2 aromatic rings. The normalized spacial score (nSPS) is 14.3. The van der Waals surface area contributed by atoms with Gasteiger partial charge in [-0.25, -0.2) is 0 Å². The highest BCUT2D eigenvalue weighted by Crippen LogP contribution is 2.16. The number of nitrogens with zero attached hydrogens (tertiary/aromatic N) is 4. The maximum atomic E-state index is 12.6. The molecule has 1 N–H and O–H groups in total. The summed E-state index contributed by atoms with van der Waals surface area (Å²) in [4.78, 5) is 27.6. The fourth-order valence-electron chi connectivity index (χ4n) is 2.78. The van der Waals surface area contributed by atoms with Crippen LogP contribution >= 0.6 is 0 Å². The van der Waals surface area contributed by atoms with Gasteiger partial charge in [-0.15, -0.1) is 5.10 Å². The maximum absolute atomic E-state index is 12.6. The third kappa shape index (κ3) is 4.12. The highest BCUT2D eigenvalue weighted by atomic mass is 16.2. The second-order valence-electron chi connectivity index (χ2n) is 6.07. The SMILES string of the molecule is CC(=O)Nc1ccc(C(=O)N2CCN(c3ccc(C)nn3)CC2)cc1. The molecule has 1 saturated heterocycles. The van der Waals surface area contributed by atoms with Gasteiger partial charge in [0, 0.05) is 44.4 Å². The zero-order valence-electron chi connectivity index (χ0n) is 14.4. The molecule has 0 spiro atoms. The summed E-state index contributed by atoms with van der Waals surface area (Å²) in [5, 5.41) is 11.0. The molecule has 0 unspecified atom stereocenters. The van der Waals surface area contributed by atoms with Gasteiger partial charge in [-0.05, 0) is 43.3 Å². The maximum Gasteiger partial charge on any atom is 0.253 e. The Kier molecular flexibility index (Phi) is 4.92. The summed E-state index contributed by atoms with van der Waals surface area (Å²) < 4.78 is 0. The Morgan fingerprint density at radius 1 is 0.960 bits per heavy atom. The number of carbonyl (C=O) groups is 2. The van der Waals surface area contributed by atoms with Crippen molar-refractivity contribution in [3.05, 3.63) is 47.7 Å². The van der Waals surface area contributed by atoms with Gasteiger partial charge in [0.05, 0.1) is 5.69 Å². The molecule has 1 aromatic heterocycles. The first-order valence-electron chi connectivity index (χ1n) is 8.25. The molecule has 1 fully saturated rings. The zero-order chi connectivity index (χ0) is 17.8. The van der Waals surface area contributed by atoms with Crippen molar-refractivity contribution in [2.45, 2.75) is 13.8 Å². The number of carbonyl (C=O) groups excluding carboxylic acids is 2. The quantitative estimate of drug-likeness (QED) is 0.921. The van der Waals surface area contributed by atoms with Crippen LogP contribution in [-0.2, 0) is 4.79 Å². The molecule has 1 aliphatic rings. The fourth-order valence-corrected chi connectivity index (χ4v) is 2.78. The summed E-state index contributed by atoms with van der Waals surface area (Å²) in [5.41, 5.74) is 2.20. The molecule has 7 nitrogen and oxygen atoms in total. The van der Waals surface area contributed by atoms with Crippen LogP contribution in [0.3, 0.4) is 0 Å². The number of aromatic nitrogens is 2. The number of rotatable bonds is 3. The van der Waals surface area contributed by atoms with E-state index in [4.69, 9.17) is 0 Å². The number of aryl methyl sites for hydroxylation is 1. The van der Waals surface area contributed by atoms with Crippen LogP contribution in [0.1, 0.15) is 23.0 Å². The molecule has 0 saturated carbocycles. The lowest BCUT2D eigenvalue weighted by atomic mass is 10.1. The van der Waals surface area contributed by atoms with E-state index in [1.807, 2.05) is 24.0 Å². The van der Waals surface area contributed by atoms with E-state index < -0.39 is 0 Å². The Bertz CT molecular complexity index is 750. The van der Waals surface area contributed by atoms with Crippen molar-refractivity contribution < 1.29 is 9.59 Å². The van der Waals surface area contributed by atoms with E-state index >= 15 is 0 Å². The van der Waals surface area contributed by atoms with Crippen LogP contribution < -0.4 is 10.2 Å².